The maximum Gasteiger partial charge on any atom is 0.106 e. The molecule has 1 aliphatic carbocycles. The summed E-state index contributed by atoms with van der Waals surface area (Å²) in [6, 6.07) is 15.4. The van der Waals surface area contributed by atoms with Gasteiger partial charge in [0.1, 0.15) is 4.99 Å². The van der Waals surface area contributed by atoms with Gasteiger partial charge in [0, 0.05) is 17.3 Å². The molecule has 0 bridgehead atoms. The Morgan fingerprint density at radius 1 is 1.19 bits per heavy atom. The molecule has 1 unspecified atom stereocenters. The number of hydrogen-bond acceptors (Lipinski definition) is 2. The number of benzene rings is 2. The largest absolute Gasteiger partial charge is 0.389 e. The highest BCUT2D eigenvalue weighted by Crippen LogP contribution is 2.25. The minimum atomic E-state index is 0.440. The Morgan fingerprint density at radius 3 is 2.71 bits per heavy atom. The van der Waals surface area contributed by atoms with Gasteiger partial charge in [0.2, 0.25) is 0 Å². The van der Waals surface area contributed by atoms with Crippen molar-refractivity contribution in [3.63, 3.8) is 0 Å². The van der Waals surface area contributed by atoms with Crippen LogP contribution in [0.15, 0.2) is 42.5 Å². The first-order valence-electron chi connectivity index (χ1n) is 7.37. The number of fused-ring (bicyclic) bond motifs is 1. The zero-order valence-corrected chi connectivity index (χ0v) is 13.0. The second kappa shape index (κ2) is 5.86. The van der Waals surface area contributed by atoms with Crippen LogP contribution >= 0.6 is 12.2 Å². The molecule has 3 rings (SSSR count). The molecule has 0 heterocycles. The Balaban J connectivity index is 1.81. The Morgan fingerprint density at radius 2 is 1.95 bits per heavy atom. The zero-order chi connectivity index (χ0) is 14.8. The van der Waals surface area contributed by atoms with Crippen molar-refractivity contribution in [3.8, 4) is 0 Å². The molecule has 0 aromatic heterocycles. The molecule has 2 aromatic rings. The van der Waals surface area contributed by atoms with Gasteiger partial charge in [-0.05, 0) is 49.4 Å². The first-order chi connectivity index (χ1) is 10.1. The van der Waals surface area contributed by atoms with Crippen molar-refractivity contribution in [2.45, 2.75) is 32.2 Å². The predicted molar refractivity (Wildman–Crippen MR) is 92.9 cm³/mol. The Labute approximate surface area is 131 Å². The summed E-state index contributed by atoms with van der Waals surface area (Å²) in [6.45, 7) is 2.06. The molecule has 0 saturated carbocycles. The SMILES string of the molecule is Cc1ccc(NC2CCc3ccccc3C2)c(C(N)=S)c1. The quantitative estimate of drug-likeness (QED) is 0.850. The number of anilines is 1. The lowest BCUT2D eigenvalue weighted by atomic mass is 9.88. The van der Waals surface area contributed by atoms with Crippen molar-refractivity contribution in [2.75, 3.05) is 5.32 Å². The van der Waals surface area contributed by atoms with E-state index >= 15 is 0 Å². The number of nitrogens with two attached hydrogens (primary N) is 1. The number of thiocarbonyl (C=S) groups is 1. The van der Waals surface area contributed by atoms with E-state index in [0.717, 1.165) is 30.5 Å². The van der Waals surface area contributed by atoms with Crippen LogP contribution in [-0.4, -0.2) is 11.0 Å². The fraction of sp³-hybridized carbons (Fsp3) is 0.278. The summed E-state index contributed by atoms with van der Waals surface area (Å²) < 4.78 is 0. The third-order valence-corrected chi connectivity index (χ3v) is 4.37. The minimum absolute atomic E-state index is 0.440. The summed E-state index contributed by atoms with van der Waals surface area (Å²) in [5.41, 5.74) is 12.0. The number of nitrogens with one attached hydrogen (secondary N) is 1. The second-order valence-electron chi connectivity index (χ2n) is 5.77. The molecule has 2 aromatic carbocycles. The van der Waals surface area contributed by atoms with E-state index in [-0.39, 0.29) is 0 Å². The van der Waals surface area contributed by atoms with Gasteiger partial charge in [0.25, 0.3) is 0 Å². The van der Waals surface area contributed by atoms with Crippen LogP contribution in [0.2, 0.25) is 0 Å². The number of aryl methyl sites for hydroxylation is 2. The Kier molecular flexibility index (Phi) is 3.93. The fourth-order valence-electron chi connectivity index (χ4n) is 3.03. The Hall–Kier alpha value is -1.87. The third-order valence-electron chi connectivity index (χ3n) is 4.15. The molecule has 2 nitrogen and oxygen atoms in total. The average molecular weight is 296 g/mol. The average Bonchev–Trinajstić information content (AvgIpc) is 2.49. The maximum atomic E-state index is 5.86. The lowest BCUT2D eigenvalue weighted by Crippen LogP contribution is -2.28. The normalized spacial score (nSPS) is 17.1. The van der Waals surface area contributed by atoms with E-state index in [1.165, 1.54) is 16.7 Å². The van der Waals surface area contributed by atoms with Crippen LogP contribution in [0, 0.1) is 6.92 Å². The molecule has 0 radical (unpaired) electrons. The van der Waals surface area contributed by atoms with E-state index in [1.54, 1.807) is 0 Å². The summed E-state index contributed by atoms with van der Waals surface area (Å²) in [5, 5.41) is 3.63. The fourth-order valence-corrected chi connectivity index (χ4v) is 3.20. The first kappa shape index (κ1) is 14.1. The smallest absolute Gasteiger partial charge is 0.106 e. The topological polar surface area (TPSA) is 38.0 Å². The molecule has 108 valence electrons. The second-order valence-corrected chi connectivity index (χ2v) is 6.21. The van der Waals surface area contributed by atoms with Crippen LogP contribution in [0.25, 0.3) is 0 Å². The van der Waals surface area contributed by atoms with Crippen molar-refractivity contribution < 1.29 is 0 Å². The van der Waals surface area contributed by atoms with E-state index in [1.807, 2.05) is 0 Å². The van der Waals surface area contributed by atoms with Gasteiger partial charge in [-0.25, -0.2) is 0 Å². The molecular formula is C18H20N2S. The molecule has 21 heavy (non-hydrogen) atoms. The summed E-state index contributed by atoms with van der Waals surface area (Å²) in [5.74, 6) is 0. The van der Waals surface area contributed by atoms with Gasteiger partial charge in [-0.3, -0.25) is 0 Å². The van der Waals surface area contributed by atoms with Crippen molar-refractivity contribution >= 4 is 22.9 Å². The monoisotopic (exact) mass is 296 g/mol. The van der Waals surface area contributed by atoms with Gasteiger partial charge in [-0.1, -0.05) is 48.1 Å². The van der Waals surface area contributed by atoms with Gasteiger partial charge in [0.15, 0.2) is 0 Å². The number of rotatable bonds is 3. The van der Waals surface area contributed by atoms with Crippen LogP contribution in [0.4, 0.5) is 5.69 Å². The van der Waals surface area contributed by atoms with E-state index in [9.17, 15) is 0 Å². The minimum Gasteiger partial charge on any atom is -0.389 e. The number of hydrogen-bond donors (Lipinski definition) is 2. The molecule has 1 atom stereocenters. The van der Waals surface area contributed by atoms with Crippen LogP contribution in [0.1, 0.15) is 28.7 Å². The van der Waals surface area contributed by atoms with Crippen molar-refractivity contribution in [2.24, 2.45) is 5.73 Å². The van der Waals surface area contributed by atoms with Gasteiger partial charge >= 0.3 is 0 Å². The molecule has 3 N–H and O–H groups in total. The van der Waals surface area contributed by atoms with E-state index in [2.05, 4.69) is 54.7 Å². The van der Waals surface area contributed by atoms with Crippen molar-refractivity contribution in [1.82, 2.24) is 0 Å². The van der Waals surface area contributed by atoms with Crippen LogP contribution in [0.3, 0.4) is 0 Å². The van der Waals surface area contributed by atoms with Crippen molar-refractivity contribution in [3.05, 3.63) is 64.7 Å². The molecule has 3 heteroatoms. The van der Waals surface area contributed by atoms with Gasteiger partial charge in [0.05, 0.1) is 0 Å². The molecule has 0 saturated heterocycles. The zero-order valence-electron chi connectivity index (χ0n) is 12.2. The molecule has 0 spiro atoms. The van der Waals surface area contributed by atoms with Crippen molar-refractivity contribution in [1.29, 1.82) is 0 Å². The summed E-state index contributed by atoms with van der Waals surface area (Å²) in [4.78, 5) is 0.456. The lowest BCUT2D eigenvalue weighted by molar-refractivity contribution is 0.611. The van der Waals surface area contributed by atoms with Gasteiger partial charge in [-0.2, -0.15) is 0 Å². The van der Waals surface area contributed by atoms with Crippen LogP contribution in [0.5, 0.6) is 0 Å². The maximum absolute atomic E-state index is 5.86. The summed E-state index contributed by atoms with van der Waals surface area (Å²) >= 11 is 5.18. The molecule has 0 aliphatic heterocycles. The highest BCUT2D eigenvalue weighted by atomic mass is 32.1. The Bertz CT molecular complexity index is 679. The predicted octanol–water partition coefficient (Wildman–Crippen LogP) is 3.60. The van der Waals surface area contributed by atoms with E-state index in [4.69, 9.17) is 18.0 Å². The van der Waals surface area contributed by atoms with E-state index < -0.39 is 0 Å². The molecular weight excluding hydrogens is 276 g/mol. The summed E-state index contributed by atoms with van der Waals surface area (Å²) in [7, 11) is 0. The standard InChI is InChI=1S/C18H20N2S/c1-12-6-9-17(16(10-12)18(19)21)20-15-8-7-13-4-2-3-5-14(13)11-15/h2-6,9-10,15,20H,7-8,11H2,1H3,(H2,19,21). The third kappa shape index (κ3) is 3.08. The highest BCUT2D eigenvalue weighted by Gasteiger charge is 2.19. The first-order valence-corrected chi connectivity index (χ1v) is 7.78. The lowest BCUT2D eigenvalue weighted by Gasteiger charge is -2.27. The van der Waals surface area contributed by atoms with Crippen LogP contribution in [-0.2, 0) is 12.8 Å². The molecule has 1 aliphatic rings. The van der Waals surface area contributed by atoms with E-state index in [0.29, 0.717) is 11.0 Å². The van der Waals surface area contributed by atoms with Crippen LogP contribution < -0.4 is 11.1 Å². The molecule has 0 fully saturated rings. The molecule has 0 amide bonds. The summed E-state index contributed by atoms with van der Waals surface area (Å²) in [6.07, 6.45) is 3.32. The highest BCUT2D eigenvalue weighted by molar-refractivity contribution is 7.80. The van der Waals surface area contributed by atoms with Gasteiger partial charge < -0.3 is 11.1 Å². The van der Waals surface area contributed by atoms with Gasteiger partial charge in [-0.15, -0.1) is 0 Å².